The minimum atomic E-state index is 0.633. The molecule has 4 aromatic rings. The zero-order valence-electron chi connectivity index (χ0n) is 13.7. The molecule has 0 saturated heterocycles. The van der Waals surface area contributed by atoms with E-state index in [1.54, 1.807) is 6.26 Å². The molecule has 2 aromatic carbocycles. The summed E-state index contributed by atoms with van der Waals surface area (Å²) in [6, 6.07) is 19.4. The quantitative estimate of drug-likeness (QED) is 0.509. The van der Waals surface area contributed by atoms with Gasteiger partial charge < -0.3 is 9.32 Å². The van der Waals surface area contributed by atoms with Gasteiger partial charge in [-0.3, -0.25) is 0 Å². The van der Waals surface area contributed by atoms with Crippen molar-refractivity contribution in [2.24, 2.45) is 0 Å². The summed E-state index contributed by atoms with van der Waals surface area (Å²) >= 11 is 6.00. The highest BCUT2D eigenvalue weighted by Crippen LogP contribution is 2.28. The van der Waals surface area contributed by atoms with Crippen molar-refractivity contribution in [3.8, 4) is 11.4 Å². The van der Waals surface area contributed by atoms with E-state index in [-0.39, 0.29) is 0 Å². The SMILES string of the molecule is CN(Cc1ccco1)c1nc(-c2ccc(Cl)cc2)nc2ccccc12. The summed E-state index contributed by atoms with van der Waals surface area (Å²) in [4.78, 5) is 11.6. The first-order valence-corrected chi connectivity index (χ1v) is 8.35. The molecule has 0 fully saturated rings. The molecular formula is C20H16ClN3O. The van der Waals surface area contributed by atoms with Crippen molar-refractivity contribution in [1.82, 2.24) is 9.97 Å². The maximum Gasteiger partial charge on any atom is 0.162 e. The fourth-order valence-corrected chi connectivity index (χ4v) is 2.92. The van der Waals surface area contributed by atoms with Gasteiger partial charge in [-0.25, -0.2) is 9.97 Å². The lowest BCUT2D eigenvalue weighted by Crippen LogP contribution is -2.18. The lowest BCUT2D eigenvalue weighted by molar-refractivity contribution is 0.507. The van der Waals surface area contributed by atoms with Crippen LogP contribution < -0.4 is 4.90 Å². The number of benzene rings is 2. The molecule has 4 nitrogen and oxygen atoms in total. The number of para-hydroxylation sites is 1. The van der Waals surface area contributed by atoms with E-state index < -0.39 is 0 Å². The first-order chi connectivity index (χ1) is 12.2. The van der Waals surface area contributed by atoms with Gasteiger partial charge >= 0.3 is 0 Å². The van der Waals surface area contributed by atoms with Gasteiger partial charge in [-0.05, 0) is 48.5 Å². The summed E-state index contributed by atoms with van der Waals surface area (Å²) in [5.74, 6) is 2.43. The topological polar surface area (TPSA) is 42.2 Å². The molecule has 0 amide bonds. The second-order valence-corrected chi connectivity index (χ2v) is 6.27. The predicted molar refractivity (Wildman–Crippen MR) is 101 cm³/mol. The Kier molecular flexibility index (Phi) is 4.12. The summed E-state index contributed by atoms with van der Waals surface area (Å²) in [7, 11) is 2.00. The Morgan fingerprint density at radius 3 is 2.52 bits per heavy atom. The average molecular weight is 350 g/mol. The molecule has 0 saturated carbocycles. The van der Waals surface area contributed by atoms with Crippen LogP contribution >= 0.6 is 11.6 Å². The number of aromatic nitrogens is 2. The molecule has 4 rings (SSSR count). The van der Waals surface area contributed by atoms with Crippen molar-refractivity contribution in [3.63, 3.8) is 0 Å². The van der Waals surface area contributed by atoms with Crippen LogP contribution in [0.5, 0.6) is 0 Å². The van der Waals surface area contributed by atoms with E-state index in [4.69, 9.17) is 26.0 Å². The maximum atomic E-state index is 6.00. The van der Waals surface area contributed by atoms with E-state index in [0.717, 1.165) is 28.0 Å². The predicted octanol–water partition coefficient (Wildman–Crippen LogP) is 5.18. The van der Waals surface area contributed by atoms with E-state index in [2.05, 4.69) is 4.90 Å². The normalized spacial score (nSPS) is 11.0. The Morgan fingerprint density at radius 1 is 0.960 bits per heavy atom. The fourth-order valence-electron chi connectivity index (χ4n) is 2.79. The van der Waals surface area contributed by atoms with Crippen molar-refractivity contribution in [2.45, 2.75) is 6.54 Å². The Hall–Kier alpha value is -2.85. The van der Waals surface area contributed by atoms with Gasteiger partial charge in [0.15, 0.2) is 5.82 Å². The number of fused-ring (bicyclic) bond motifs is 1. The summed E-state index contributed by atoms with van der Waals surface area (Å²) in [6.07, 6.45) is 1.68. The second-order valence-electron chi connectivity index (χ2n) is 5.83. The number of halogens is 1. The van der Waals surface area contributed by atoms with Crippen LogP contribution in [-0.2, 0) is 6.54 Å². The van der Waals surface area contributed by atoms with Crippen LogP contribution in [0.4, 0.5) is 5.82 Å². The van der Waals surface area contributed by atoms with Gasteiger partial charge in [0, 0.05) is 23.0 Å². The molecule has 0 spiro atoms. The van der Waals surface area contributed by atoms with Crippen molar-refractivity contribution in [2.75, 3.05) is 11.9 Å². The monoisotopic (exact) mass is 349 g/mol. The largest absolute Gasteiger partial charge is 0.467 e. The summed E-state index contributed by atoms with van der Waals surface area (Å²) in [6.45, 7) is 0.633. The van der Waals surface area contributed by atoms with Crippen molar-refractivity contribution in [1.29, 1.82) is 0 Å². The molecule has 5 heteroatoms. The zero-order chi connectivity index (χ0) is 17.2. The van der Waals surface area contributed by atoms with Gasteiger partial charge in [0.05, 0.1) is 18.3 Å². The van der Waals surface area contributed by atoms with Gasteiger partial charge in [-0.2, -0.15) is 0 Å². The van der Waals surface area contributed by atoms with E-state index >= 15 is 0 Å². The third kappa shape index (κ3) is 3.21. The highest BCUT2D eigenvalue weighted by molar-refractivity contribution is 6.30. The lowest BCUT2D eigenvalue weighted by atomic mass is 10.1. The third-order valence-corrected chi connectivity index (χ3v) is 4.27. The van der Waals surface area contributed by atoms with Gasteiger partial charge in [0.1, 0.15) is 11.6 Å². The fraction of sp³-hybridized carbons (Fsp3) is 0.100. The smallest absolute Gasteiger partial charge is 0.162 e. The average Bonchev–Trinajstić information content (AvgIpc) is 3.14. The first-order valence-electron chi connectivity index (χ1n) is 7.97. The Balaban J connectivity index is 1.82. The molecule has 0 aliphatic rings. The molecule has 0 aliphatic heterocycles. The molecule has 0 bridgehead atoms. The maximum absolute atomic E-state index is 6.00. The Morgan fingerprint density at radius 2 is 1.76 bits per heavy atom. The van der Waals surface area contributed by atoms with Crippen LogP contribution in [0.2, 0.25) is 5.02 Å². The van der Waals surface area contributed by atoms with Crippen LogP contribution in [-0.4, -0.2) is 17.0 Å². The number of furan rings is 1. The van der Waals surface area contributed by atoms with E-state index in [1.807, 2.05) is 67.7 Å². The zero-order valence-corrected chi connectivity index (χ0v) is 14.4. The molecule has 25 heavy (non-hydrogen) atoms. The second kappa shape index (κ2) is 6.57. The molecule has 0 aliphatic carbocycles. The number of nitrogens with zero attached hydrogens (tertiary/aromatic N) is 3. The lowest BCUT2D eigenvalue weighted by Gasteiger charge is -2.19. The van der Waals surface area contributed by atoms with Crippen LogP contribution in [0.25, 0.3) is 22.3 Å². The van der Waals surface area contributed by atoms with Gasteiger partial charge in [-0.15, -0.1) is 0 Å². The summed E-state index contributed by atoms with van der Waals surface area (Å²) in [5, 5.41) is 1.70. The Bertz CT molecular complexity index is 997. The molecule has 2 aromatic heterocycles. The molecule has 0 N–H and O–H groups in total. The van der Waals surface area contributed by atoms with Crippen LogP contribution in [0, 0.1) is 0 Å². The third-order valence-electron chi connectivity index (χ3n) is 4.02. The molecular weight excluding hydrogens is 334 g/mol. The summed E-state index contributed by atoms with van der Waals surface area (Å²) in [5.41, 5.74) is 1.84. The first kappa shape index (κ1) is 15.7. The van der Waals surface area contributed by atoms with E-state index in [1.165, 1.54) is 0 Å². The van der Waals surface area contributed by atoms with Crippen molar-refractivity contribution >= 4 is 28.3 Å². The standard InChI is InChI=1S/C20H16ClN3O/c1-24(13-16-5-4-12-25-16)20-17-6-2-3-7-18(17)22-19(23-20)14-8-10-15(21)11-9-14/h2-12H,13H2,1H3. The number of hydrogen-bond donors (Lipinski definition) is 0. The Labute approximate surface area is 150 Å². The molecule has 2 heterocycles. The summed E-state index contributed by atoms with van der Waals surface area (Å²) < 4.78 is 5.47. The number of anilines is 1. The molecule has 0 unspecified atom stereocenters. The van der Waals surface area contributed by atoms with E-state index in [0.29, 0.717) is 17.4 Å². The van der Waals surface area contributed by atoms with Gasteiger partial charge in [0.2, 0.25) is 0 Å². The molecule has 0 atom stereocenters. The van der Waals surface area contributed by atoms with E-state index in [9.17, 15) is 0 Å². The molecule has 124 valence electrons. The van der Waals surface area contributed by atoms with Crippen LogP contribution in [0.1, 0.15) is 5.76 Å². The minimum absolute atomic E-state index is 0.633. The van der Waals surface area contributed by atoms with Crippen molar-refractivity contribution < 1.29 is 4.42 Å². The van der Waals surface area contributed by atoms with Gasteiger partial charge in [0.25, 0.3) is 0 Å². The highest BCUT2D eigenvalue weighted by atomic mass is 35.5. The van der Waals surface area contributed by atoms with Gasteiger partial charge in [-0.1, -0.05) is 23.7 Å². The molecule has 0 radical (unpaired) electrons. The number of rotatable bonds is 4. The van der Waals surface area contributed by atoms with Crippen LogP contribution in [0.15, 0.2) is 71.3 Å². The highest BCUT2D eigenvalue weighted by Gasteiger charge is 2.14. The van der Waals surface area contributed by atoms with Crippen LogP contribution in [0.3, 0.4) is 0 Å². The van der Waals surface area contributed by atoms with Crippen molar-refractivity contribution in [3.05, 3.63) is 77.7 Å². The minimum Gasteiger partial charge on any atom is -0.467 e. The number of hydrogen-bond acceptors (Lipinski definition) is 4.